The van der Waals surface area contributed by atoms with Gasteiger partial charge >= 0.3 is 0 Å². The SMILES string of the molecule is COc1ccccc1C(=O)NNc1ncnc(NN2CCN(C)CC2)c1N. The number of hydrogen-bond acceptors (Lipinski definition) is 9. The van der Waals surface area contributed by atoms with Crippen molar-refractivity contribution in [2.45, 2.75) is 0 Å². The fourth-order valence-electron chi connectivity index (χ4n) is 2.67. The summed E-state index contributed by atoms with van der Waals surface area (Å²) in [6.07, 6.45) is 1.38. The number of nitrogen functional groups attached to an aromatic ring is 1. The predicted octanol–water partition coefficient (Wildman–Crippen LogP) is 0.399. The first-order valence-electron chi connectivity index (χ1n) is 8.58. The molecule has 0 atom stereocenters. The number of ether oxygens (including phenoxy) is 1. The van der Waals surface area contributed by atoms with Crippen molar-refractivity contribution in [3.05, 3.63) is 36.2 Å². The van der Waals surface area contributed by atoms with Gasteiger partial charge in [0, 0.05) is 26.2 Å². The van der Waals surface area contributed by atoms with E-state index in [-0.39, 0.29) is 5.91 Å². The highest BCUT2D eigenvalue weighted by Gasteiger charge is 2.17. The second kappa shape index (κ2) is 8.52. The van der Waals surface area contributed by atoms with E-state index in [1.807, 2.05) is 0 Å². The average Bonchev–Trinajstić information content (AvgIpc) is 2.70. The normalized spacial score (nSPS) is 15.2. The number of piperazine rings is 1. The molecule has 0 spiro atoms. The Bertz CT molecular complexity index is 792. The van der Waals surface area contributed by atoms with Gasteiger partial charge in [0.25, 0.3) is 5.91 Å². The molecule has 0 unspecified atom stereocenters. The third kappa shape index (κ3) is 4.54. The molecule has 1 fully saturated rings. The number of anilines is 3. The fourth-order valence-corrected chi connectivity index (χ4v) is 2.67. The second-order valence-electron chi connectivity index (χ2n) is 6.17. The van der Waals surface area contributed by atoms with Crippen molar-refractivity contribution in [1.29, 1.82) is 0 Å². The smallest absolute Gasteiger partial charge is 0.273 e. The Morgan fingerprint density at radius 3 is 2.59 bits per heavy atom. The van der Waals surface area contributed by atoms with Gasteiger partial charge < -0.3 is 20.8 Å². The number of hydrogen-bond donors (Lipinski definition) is 4. The number of hydrazine groups is 2. The highest BCUT2D eigenvalue weighted by atomic mass is 16.5. The summed E-state index contributed by atoms with van der Waals surface area (Å²) in [4.78, 5) is 22.9. The first kappa shape index (κ1) is 18.7. The van der Waals surface area contributed by atoms with E-state index >= 15 is 0 Å². The summed E-state index contributed by atoms with van der Waals surface area (Å²) >= 11 is 0. The first-order valence-corrected chi connectivity index (χ1v) is 8.58. The van der Waals surface area contributed by atoms with Crippen LogP contribution in [0.2, 0.25) is 0 Å². The van der Waals surface area contributed by atoms with Crippen LogP contribution in [0, 0.1) is 0 Å². The molecule has 0 bridgehead atoms. The second-order valence-corrected chi connectivity index (χ2v) is 6.17. The molecule has 27 heavy (non-hydrogen) atoms. The zero-order chi connectivity index (χ0) is 19.2. The van der Waals surface area contributed by atoms with Crippen molar-refractivity contribution >= 4 is 23.2 Å². The predicted molar refractivity (Wildman–Crippen MR) is 103 cm³/mol. The maximum absolute atomic E-state index is 12.4. The van der Waals surface area contributed by atoms with Gasteiger partial charge in [0.05, 0.1) is 12.7 Å². The van der Waals surface area contributed by atoms with Crippen LogP contribution < -0.4 is 26.7 Å². The van der Waals surface area contributed by atoms with E-state index in [2.05, 4.69) is 43.2 Å². The van der Waals surface area contributed by atoms with Gasteiger partial charge in [-0.1, -0.05) is 12.1 Å². The van der Waals surface area contributed by atoms with Gasteiger partial charge in [-0.15, -0.1) is 0 Å². The summed E-state index contributed by atoms with van der Waals surface area (Å²) in [5.74, 6) is 0.914. The van der Waals surface area contributed by atoms with Crippen LogP contribution in [-0.4, -0.2) is 66.1 Å². The summed E-state index contributed by atoms with van der Waals surface area (Å²) < 4.78 is 5.20. The minimum atomic E-state index is -0.362. The van der Waals surface area contributed by atoms with Crippen LogP contribution in [0.15, 0.2) is 30.6 Å². The molecule has 0 saturated carbocycles. The Kier molecular flexibility index (Phi) is 5.89. The number of likely N-dealkylation sites (N-methyl/N-ethyl adjacent to an activating group) is 1. The molecule has 5 N–H and O–H groups in total. The molecule has 0 radical (unpaired) electrons. The fraction of sp³-hybridized carbons (Fsp3) is 0.353. The van der Waals surface area contributed by atoms with Gasteiger partial charge in [0.1, 0.15) is 17.8 Å². The van der Waals surface area contributed by atoms with Gasteiger partial charge in [0.15, 0.2) is 11.6 Å². The molecule has 2 heterocycles. The molecule has 1 aromatic heterocycles. The van der Waals surface area contributed by atoms with E-state index in [4.69, 9.17) is 10.5 Å². The Hall–Kier alpha value is -3.11. The lowest BCUT2D eigenvalue weighted by Crippen LogP contribution is -2.47. The molecule has 144 valence electrons. The van der Waals surface area contributed by atoms with E-state index in [0.29, 0.717) is 28.6 Å². The molecule has 10 heteroatoms. The van der Waals surface area contributed by atoms with Crippen molar-refractivity contribution in [2.24, 2.45) is 0 Å². The van der Waals surface area contributed by atoms with E-state index in [9.17, 15) is 4.79 Å². The molecular formula is C17H24N8O2. The molecule has 3 rings (SSSR count). The highest BCUT2D eigenvalue weighted by Crippen LogP contribution is 2.23. The van der Waals surface area contributed by atoms with Crippen molar-refractivity contribution in [3.63, 3.8) is 0 Å². The monoisotopic (exact) mass is 372 g/mol. The van der Waals surface area contributed by atoms with Gasteiger partial charge in [-0.05, 0) is 19.2 Å². The number of benzene rings is 1. The zero-order valence-corrected chi connectivity index (χ0v) is 15.4. The molecule has 1 saturated heterocycles. The maximum atomic E-state index is 12.4. The lowest BCUT2D eigenvalue weighted by Gasteiger charge is -2.32. The van der Waals surface area contributed by atoms with Crippen LogP contribution in [0.25, 0.3) is 0 Å². The molecule has 1 aliphatic rings. The molecule has 0 aliphatic carbocycles. The molecular weight excluding hydrogens is 348 g/mol. The summed E-state index contributed by atoms with van der Waals surface area (Å²) in [5.41, 5.74) is 15.4. The Balaban J connectivity index is 1.64. The molecule has 1 aromatic carbocycles. The molecule has 1 amide bonds. The van der Waals surface area contributed by atoms with Crippen molar-refractivity contribution in [3.8, 4) is 5.75 Å². The minimum Gasteiger partial charge on any atom is -0.496 e. The highest BCUT2D eigenvalue weighted by molar-refractivity contribution is 5.97. The van der Waals surface area contributed by atoms with E-state index < -0.39 is 0 Å². The quantitative estimate of drug-likeness (QED) is 0.534. The average molecular weight is 372 g/mol. The summed E-state index contributed by atoms with van der Waals surface area (Å²) in [6.45, 7) is 3.62. The zero-order valence-electron chi connectivity index (χ0n) is 15.4. The van der Waals surface area contributed by atoms with Crippen LogP contribution in [0.1, 0.15) is 10.4 Å². The maximum Gasteiger partial charge on any atom is 0.273 e. The van der Waals surface area contributed by atoms with E-state index in [1.54, 1.807) is 24.3 Å². The first-order chi connectivity index (χ1) is 13.1. The van der Waals surface area contributed by atoms with Crippen LogP contribution in [0.4, 0.5) is 17.3 Å². The van der Waals surface area contributed by atoms with Crippen molar-refractivity contribution < 1.29 is 9.53 Å². The van der Waals surface area contributed by atoms with E-state index in [1.165, 1.54) is 13.4 Å². The van der Waals surface area contributed by atoms with Gasteiger partial charge in [-0.2, -0.15) is 0 Å². The third-order valence-electron chi connectivity index (χ3n) is 4.30. The number of amides is 1. The number of carbonyl (C=O) groups excluding carboxylic acids is 1. The largest absolute Gasteiger partial charge is 0.496 e. The number of rotatable bonds is 6. The van der Waals surface area contributed by atoms with Crippen molar-refractivity contribution in [2.75, 3.05) is 56.9 Å². The third-order valence-corrected chi connectivity index (χ3v) is 4.30. The van der Waals surface area contributed by atoms with Gasteiger partial charge in [-0.3, -0.25) is 15.6 Å². The van der Waals surface area contributed by atoms with Crippen LogP contribution in [-0.2, 0) is 0 Å². The summed E-state index contributed by atoms with van der Waals surface area (Å²) in [6, 6.07) is 6.93. The molecule has 10 nitrogen and oxygen atoms in total. The minimum absolute atomic E-state index is 0.310. The number of aromatic nitrogens is 2. The number of nitrogens with two attached hydrogens (primary N) is 1. The lowest BCUT2D eigenvalue weighted by atomic mass is 10.2. The summed E-state index contributed by atoms with van der Waals surface area (Å²) in [7, 11) is 3.60. The van der Waals surface area contributed by atoms with Crippen LogP contribution in [0.3, 0.4) is 0 Å². The Morgan fingerprint density at radius 1 is 1.15 bits per heavy atom. The summed E-state index contributed by atoms with van der Waals surface area (Å²) in [5, 5.41) is 2.05. The van der Waals surface area contributed by atoms with Gasteiger partial charge in [-0.25, -0.2) is 15.0 Å². The lowest BCUT2D eigenvalue weighted by molar-refractivity contribution is 0.0959. The number of nitrogens with one attached hydrogen (secondary N) is 3. The number of carbonyl (C=O) groups is 1. The van der Waals surface area contributed by atoms with Crippen LogP contribution >= 0.6 is 0 Å². The number of para-hydroxylation sites is 1. The Labute approximate surface area is 157 Å². The number of methoxy groups -OCH3 is 1. The molecule has 1 aliphatic heterocycles. The standard InChI is InChI=1S/C17H24N8O2/c1-24-7-9-25(10-8-24)23-16-14(18)15(19-11-20-16)21-22-17(26)12-5-3-4-6-13(12)27-2/h3-6,11H,7-10,18H2,1-2H3,(H,22,26)(H2,19,20,21,23). The van der Waals surface area contributed by atoms with Crippen molar-refractivity contribution in [1.82, 2.24) is 25.3 Å². The number of nitrogens with zero attached hydrogens (tertiary/aromatic N) is 4. The topological polar surface area (TPSA) is 121 Å². The Morgan fingerprint density at radius 2 is 1.85 bits per heavy atom. The molecule has 2 aromatic rings. The van der Waals surface area contributed by atoms with Crippen LogP contribution in [0.5, 0.6) is 5.75 Å². The van der Waals surface area contributed by atoms with E-state index in [0.717, 1.165) is 26.2 Å². The van der Waals surface area contributed by atoms with Gasteiger partial charge in [0.2, 0.25) is 0 Å².